The average molecular weight is 475 g/mol. The molecule has 0 unspecified atom stereocenters. The Morgan fingerprint density at radius 1 is 0.829 bits per heavy atom. The number of amides is 3. The molecule has 3 N–H and O–H groups in total. The lowest BCUT2D eigenvalue weighted by molar-refractivity contribution is -0.136. The summed E-state index contributed by atoms with van der Waals surface area (Å²) < 4.78 is 10.9. The summed E-state index contributed by atoms with van der Waals surface area (Å²) in [5.74, 6) is -0.885. The number of carbonyl (C=O) groups excluding carboxylic acids is 3. The Morgan fingerprint density at radius 3 is 2.23 bits per heavy atom. The molecule has 3 aromatic carbocycles. The van der Waals surface area contributed by atoms with Gasteiger partial charge in [0.05, 0.1) is 12.8 Å². The van der Waals surface area contributed by atoms with Gasteiger partial charge in [0.1, 0.15) is 11.5 Å². The first kappa shape index (κ1) is 25.0. The summed E-state index contributed by atoms with van der Waals surface area (Å²) >= 11 is 0. The molecule has 0 fully saturated rings. The van der Waals surface area contributed by atoms with Crippen molar-refractivity contribution in [1.29, 1.82) is 0 Å². The number of rotatable bonds is 9. The summed E-state index contributed by atoms with van der Waals surface area (Å²) in [6.45, 7) is 4.20. The highest BCUT2D eigenvalue weighted by Crippen LogP contribution is 2.16. The third-order valence-electron chi connectivity index (χ3n) is 4.57. The molecule has 3 aromatic rings. The van der Waals surface area contributed by atoms with Crippen LogP contribution in [0.1, 0.15) is 18.1 Å². The molecule has 0 aliphatic heterocycles. The van der Waals surface area contributed by atoms with Crippen LogP contribution >= 0.6 is 0 Å². The second kappa shape index (κ2) is 12.5. The smallest absolute Gasteiger partial charge is 0.329 e. The minimum absolute atomic E-state index is 0.191. The maximum atomic E-state index is 12.2. The first-order valence-corrected chi connectivity index (χ1v) is 10.9. The fourth-order valence-electron chi connectivity index (χ4n) is 2.87. The summed E-state index contributed by atoms with van der Waals surface area (Å²) in [5, 5.41) is 9.03. The highest BCUT2D eigenvalue weighted by Gasteiger charge is 2.12. The molecule has 0 saturated heterocycles. The largest absolute Gasteiger partial charge is 0.494 e. The molecule has 3 amide bonds. The molecule has 9 heteroatoms. The molecule has 0 heterocycles. The summed E-state index contributed by atoms with van der Waals surface area (Å²) in [6, 6.07) is 20.9. The Bertz CT molecular complexity index is 1190. The maximum absolute atomic E-state index is 12.2. The van der Waals surface area contributed by atoms with Crippen LogP contribution < -0.4 is 25.5 Å². The molecule has 35 heavy (non-hydrogen) atoms. The van der Waals surface area contributed by atoms with Gasteiger partial charge in [-0.15, -0.1) is 0 Å². The number of anilines is 2. The first-order chi connectivity index (χ1) is 16.9. The van der Waals surface area contributed by atoms with Gasteiger partial charge >= 0.3 is 11.8 Å². The van der Waals surface area contributed by atoms with E-state index in [0.29, 0.717) is 29.3 Å². The molecule has 3 rings (SSSR count). The van der Waals surface area contributed by atoms with E-state index >= 15 is 0 Å². The maximum Gasteiger partial charge on any atom is 0.329 e. The lowest BCUT2D eigenvalue weighted by atomic mass is 10.2. The zero-order valence-corrected chi connectivity index (χ0v) is 19.4. The van der Waals surface area contributed by atoms with Crippen LogP contribution in [0.25, 0.3) is 0 Å². The minimum Gasteiger partial charge on any atom is -0.494 e. The van der Waals surface area contributed by atoms with Crippen LogP contribution in [0.5, 0.6) is 11.5 Å². The second-order valence-electron chi connectivity index (χ2n) is 7.39. The average Bonchev–Trinajstić information content (AvgIpc) is 2.86. The van der Waals surface area contributed by atoms with Crippen LogP contribution in [0.2, 0.25) is 0 Å². The third-order valence-corrected chi connectivity index (χ3v) is 4.57. The Morgan fingerprint density at radius 2 is 1.51 bits per heavy atom. The number of hydrazone groups is 1. The lowest BCUT2D eigenvalue weighted by Crippen LogP contribution is -2.32. The Hall–Kier alpha value is -4.66. The van der Waals surface area contributed by atoms with Crippen LogP contribution in [-0.2, 0) is 14.4 Å². The Kier molecular flexibility index (Phi) is 8.95. The predicted octanol–water partition coefficient (Wildman–Crippen LogP) is 3.50. The quantitative estimate of drug-likeness (QED) is 0.249. The van der Waals surface area contributed by atoms with E-state index < -0.39 is 11.8 Å². The van der Waals surface area contributed by atoms with Crippen LogP contribution in [0.4, 0.5) is 11.4 Å². The van der Waals surface area contributed by atoms with Crippen molar-refractivity contribution >= 4 is 35.3 Å². The molecule has 0 bridgehead atoms. The Labute approximate surface area is 203 Å². The molecular weight excluding hydrogens is 448 g/mol. The second-order valence-corrected chi connectivity index (χ2v) is 7.39. The molecule has 0 atom stereocenters. The number of benzene rings is 3. The summed E-state index contributed by atoms with van der Waals surface area (Å²) in [7, 11) is 0. The van der Waals surface area contributed by atoms with Gasteiger partial charge in [0.15, 0.2) is 6.61 Å². The first-order valence-electron chi connectivity index (χ1n) is 10.9. The number of hydrogen-bond acceptors (Lipinski definition) is 6. The van der Waals surface area contributed by atoms with Crippen molar-refractivity contribution in [2.24, 2.45) is 5.10 Å². The van der Waals surface area contributed by atoms with E-state index in [2.05, 4.69) is 21.2 Å². The summed E-state index contributed by atoms with van der Waals surface area (Å²) in [6.07, 6.45) is 1.36. The standard InChI is InChI=1S/C26H26N4O5/c1-3-34-22-13-11-20(12-14-22)28-24(31)17-35-23-6-4-5-19(15-23)16-27-30-26(33)25(32)29-21-9-7-18(2)8-10-21/h4-16H,3,17H2,1-2H3,(H,28,31)(H,29,32)(H,30,33)/b27-16-. The highest BCUT2D eigenvalue weighted by atomic mass is 16.5. The molecule has 0 saturated carbocycles. The van der Waals surface area contributed by atoms with Gasteiger partial charge in [0.2, 0.25) is 0 Å². The number of ether oxygens (including phenoxy) is 2. The molecule has 0 aliphatic carbocycles. The molecule has 0 spiro atoms. The minimum atomic E-state index is -0.903. The lowest BCUT2D eigenvalue weighted by Gasteiger charge is -2.09. The van der Waals surface area contributed by atoms with E-state index in [0.717, 1.165) is 11.3 Å². The fourth-order valence-corrected chi connectivity index (χ4v) is 2.87. The Balaban J connectivity index is 1.45. The van der Waals surface area contributed by atoms with Crippen molar-refractivity contribution in [3.05, 3.63) is 83.9 Å². The monoisotopic (exact) mass is 474 g/mol. The van der Waals surface area contributed by atoms with Crippen molar-refractivity contribution in [3.63, 3.8) is 0 Å². The van der Waals surface area contributed by atoms with E-state index in [9.17, 15) is 14.4 Å². The van der Waals surface area contributed by atoms with Gasteiger partial charge in [-0.1, -0.05) is 29.8 Å². The number of nitrogens with one attached hydrogen (secondary N) is 3. The summed E-state index contributed by atoms with van der Waals surface area (Å²) in [5.41, 5.74) is 4.96. The van der Waals surface area contributed by atoms with Gasteiger partial charge in [0.25, 0.3) is 5.91 Å². The van der Waals surface area contributed by atoms with Gasteiger partial charge in [-0.25, -0.2) is 5.43 Å². The van der Waals surface area contributed by atoms with E-state index in [1.165, 1.54) is 6.21 Å². The fraction of sp³-hybridized carbons (Fsp3) is 0.154. The highest BCUT2D eigenvalue weighted by molar-refractivity contribution is 6.39. The zero-order valence-electron chi connectivity index (χ0n) is 19.4. The molecule has 180 valence electrons. The number of aryl methyl sites for hydroxylation is 1. The number of carbonyl (C=O) groups is 3. The molecule has 0 aliphatic rings. The van der Waals surface area contributed by atoms with Crippen LogP contribution in [-0.4, -0.2) is 37.1 Å². The van der Waals surface area contributed by atoms with Crippen LogP contribution in [0, 0.1) is 6.92 Å². The molecular formula is C26H26N4O5. The van der Waals surface area contributed by atoms with E-state index in [4.69, 9.17) is 9.47 Å². The number of hydrogen-bond donors (Lipinski definition) is 3. The van der Waals surface area contributed by atoms with Crippen molar-refractivity contribution < 1.29 is 23.9 Å². The van der Waals surface area contributed by atoms with Gasteiger partial charge in [-0.2, -0.15) is 5.10 Å². The van der Waals surface area contributed by atoms with Gasteiger partial charge in [-0.05, 0) is 67.9 Å². The van der Waals surface area contributed by atoms with Crippen LogP contribution in [0.15, 0.2) is 77.9 Å². The topological polar surface area (TPSA) is 118 Å². The summed E-state index contributed by atoms with van der Waals surface area (Å²) in [4.78, 5) is 36.1. The molecule has 0 radical (unpaired) electrons. The molecule has 9 nitrogen and oxygen atoms in total. The van der Waals surface area contributed by atoms with E-state index in [1.807, 2.05) is 26.0 Å². The van der Waals surface area contributed by atoms with Gasteiger partial charge < -0.3 is 20.1 Å². The number of nitrogens with zero attached hydrogens (tertiary/aromatic N) is 1. The van der Waals surface area contributed by atoms with Crippen molar-refractivity contribution in [3.8, 4) is 11.5 Å². The SMILES string of the molecule is CCOc1ccc(NC(=O)COc2cccc(/C=N\NC(=O)C(=O)Nc3ccc(C)cc3)c2)cc1. The molecule has 0 aromatic heterocycles. The zero-order chi connectivity index (χ0) is 25.0. The van der Waals surface area contributed by atoms with Crippen molar-refractivity contribution in [2.45, 2.75) is 13.8 Å². The van der Waals surface area contributed by atoms with Gasteiger partial charge in [-0.3, -0.25) is 14.4 Å². The normalized spacial score (nSPS) is 10.5. The van der Waals surface area contributed by atoms with E-state index in [1.54, 1.807) is 60.7 Å². The van der Waals surface area contributed by atoms with Crippen molar-refractivity contribution in [2.75, 3.05) is 23.8 Å². The van der Waals surface area contributed by atoms with Crippen molar-refractivity contribution in [1.82, 2.24) is 5.43 Å². The van der Waals surface area contributed by atoms with Gasteiger partial charge in [0, 0.05) is 11.4 Å². The van der Waals surface area contributed by atoms with E-state index in [-0.39, 0.29) is 12.5 Å². The predicted molar refractivity (Wildman–Crippen MR) is 134 cm³/mol. The third kappa shape index (κ3) is 8.32. The van der Waals surface area contributed by atoms with Crippen LogP contribution in [0.3, 0.4) is 0 Å².